The summed E-state index contributed by atoms with van der Waals surface area (Å²) in [5.41, 5.74) is 0.892. The Kier molecular flexibility index (Phi) is 5.63. The summed E-state index contributed by atoms with van der Waals surface area (Å²) >= 11 is 0. The van der Waals surface area contributed by atoms with Crippen molar-refractivity contribution < 1.29 is 27.8 Å². The van der Waals surface area contributed by atoms with E-state index in [0.717, 1.165) is 5.39 Å². The maximum Gasteiger partial charge on any atom is 0.287 e. The van der Waals surface area contributed by atoms with Crippen molar-refractivity contribution in [2.24, 2.45) is 0 Å². The third-order valence-corrected chi connectivity index (χ3v) is 5.33. The first-order chi connectivity index (χ1) is 14.9. The zero-order valence-corrected chi connectivity index (χ0v) is 17.2. The summed E-state index contributed by atoms with van der Waals surface area (Å²) in [5, 5.41) is 0.882. The highest BCUT2D eigenvalue weighted by Gasteiger charge is 2.47. The third-order valence-electron chi connectivity index (χ3n) is 5.33. The average molecular weight is 428 g/mol. The van der Waals surface area contributed by atoms with Crippen molar-refractivity contribution in [3.05, 3.63) is 60.2 Å². The van der Waals surface area contributed by atoms with Crippen LogP contribution in [0, 0.1) is 0 Å². The Morgan fingerprint density at radius 3 is 2.68 bits per heavy atom. The molecule has 1 fully saturated rings. The SMILES string of the molecule is COc1ccc(OC)c(C(=O)N2CCC(F)(F)[C@@H](Oc3ccc4ccccc4n3)C2)c1. The van der Waals surface area contributed by atoms with Crippen molar-refractivity contribution in [2.45, 2.75) is 18.4 Å². The molecule has 1 aliphatic heterocycles. The zero-order chi connectivity index (χ0) is 22.0. The molecule has 4 rings (SSSR count). The number of carbonyl (C=O) groups excluding carboxylic acids is 1. The van der Waals surface area contributed by atoms with Gasteiger partial charge in [0.1, 0.15) is 11.5 Å². The summed E-state index contributed by atoms with van der Waals surface area (Å²) in [6, 6.07) is 15.5. The van der Waals surface area contributed by atoms with Gasteiger partial charge in [0.2, 0.25) is 5.88 Å². The second-order valence-corrected chi connectivity index (χ2v) is 7.28. The molecule has 0 saturated carbocycles. The molecule has 8 heteroatoms. The monoisotopic (exact) mass is 428 g/mol. The third kappa shape index (κ3) is 4.23. The Labute approximate surface area is 178 Å². The number of likely N-dealkylation sites (tertiary alicyclic amines) is 1. The highest BCUT2D eigenvalue weighted by atomic mass is 19.3. The van der Waals surface area contributed by atoms with Crippen LogP contribution in [0.15, 0.2) is 54.6 Å². The molecule has 1 aliphatic rings. The smallest absolute Gasteiger partial charge is 0.287 e. The number of nitrogens with zero attached hydrogens (tertiary/aromatic N) is 2. The van der Waals surface area contributed by atoms with Gasteiger partial charge in [-0.25, -0.2) is 13.8 Å². The second-order valence-electron chi connectivity index (χ2n) is 7.28. The van der Waals surface area contributed by atoms with Gasteiger partial charge < -0.3 is 19.1 Å². The van der Waals surface area contributed by atoms with E-state index in [1.807, 2.05) is 18.2 Å². The molecule has 1 aromatic heterocycles. The number of benzene rings is 2. The first-order valence-corrected chi connectivity index (χ1v) is 9.83. The van der Waals surface area contributed by atoms with Crippen LogP contribution in [-0.2, 0) is 0 Å². The van der Waals surface area contributed by atoms with Gasteiger partial charge in [-0.3, -0.25) is 4.79 Å². The van der Waals surface area contributed by atoms with Crippen LogP contribution in [0.1, 0.15) is 16.8 Å². The molecular formula is C23H22F2N2O4. The molecule has 0 unspecified atom stereocenters. The summed E-state index contributed by atoms with van der Waals surface area (Å²) in [5.74, 6) is -2.61. The van der Waals surface area contributed by atoms with Crippen molar-refractivity contribution in [1.29, 1.82) is 0 Å². The number of hydrogen-bond donors (Lipinski definition) is 0. The van der Waals surface area contributed by atoms with Gasteiger partial charge in [0.05, 0.1) is 31.8 Å². The summed E-state index contributed by atoms with van der Waals surface area (Å²) in [6.07, 6.45) is -2.03. The number of halogens is 2. The number of amides is 1. The second kappa shape index (κ2) is 8.37. The number of carbonyl (C=O) groups is 1. The minimum atomic E-state index is -3.09. The number of fused-ring (bicyclic) bond motifs is 1. The van der Waals surface area contributed by atoms with Crippen molar-refractivity contribution in [3.8, 4) is 17.4 Å². The van der Waals surface area contributed by atoms with E-state index in [1.54, 1.807) is 30.3 Å². The number of pyridine rings is 1. The Morgan fingerprint density at radius 1 is 1.10 bits per heavy atom. The standard InChI is InChI=1S/C23H22F2N2O4/c1-29-16-8-9-19(30-2)17(13-16)22(28)27-12-11-23(24,25)20(14-27)31-21-10-7-15-5-3-4-6-18(15)26-21/h3-10,13,20H,11-12,14H2,1-2H3/t20-/m0/s1. The quantitative estimate of drug-likeness (QED) is 0.610. The molecular weight excluding hydrogens is 406 g/mol. The van der Waals surface area contributed by atoms with Crippen molar-refractivity contribution in [1.82, 2.24) is 9.88 Å². The molecule has 0 N–H and O–H groups in total. The largest absolute Gasteiger partial charge is 0.497 e. The zero-order valence-electron chi connectivity index (χ0n) is 17.2. The number of aromatic nitrogens is 1. The Morgan fingerprint density at radius 2 is 1.90 bits per heavy atom. The first kappa shape index (κ1) is 20.8. The van der Waals surface area contributed by atoms with Gasteiger partial charge in [0.25, 0.3) is 11.8 Å². The van der Waals surface area contributed by atoms with Gasteiger partial charge in [-0.1, -0.05) is 18.2 Å². The number of hydrogen-bond acceptors (Lipinski definition) is 5. The fourth-order valence-corrected chi connectivity index (χ4v) is 3.59. The van der Waals surface area contributed by atoms with Crippen molar-refractivity contribution in [3.63, 3.8) is 0 Å². The van der Waals surface area contributed by atoms with E-state index < -0.39 is 24.4 Å². The van der Waals surface area contributed by atoms with Gasteiger partial charge in [0.15, 0.2) is 6.10 Å². The maximum absolute atomic E-state index is 14.6. The summed E-state index contributed by atoms with van der Waals surface area (Å²) in [7, 11) is 2.93. The minimum Gasteiger partial charge on any atom is -0.497 e. The van der Waals surface area contributed by atoms with E-state index in [2.05, 4.69) is 4.98 Å². The molecule has 1 atom stereocenters. The summed E-state index contributed by atoms with van der Waals surface area (Å²) in [4.78, 5) is 18.8. The maximum atomic E-state index is 14.6. The van der Waals surface area contributed by atoms with Crippen molar-refractivity contribution in [2.75, 3.05) is 27.3 Å². The van der Waals surface area contributed by atoms with Crippen molar-refractivity contribution >= 4 is 16.8 Å². The van der Waals surface area contributed by atoms with Crippen LogP contribution in [0.25, 0.3) is 10.9 Å². The lowest BCUT2D eigenvalue weighted by Crippen LogP contribution is -2.55. The first-order valence-electron chi connectivity index (χ1n) is 9.83. The number of piperidine rings is 1. The lowest BCUT2D eigenvalue weighted by atomic mass is 10.0. The van der Waals surface area contributed by atoms with Crippen LogP contribution in [0.3, 0.4) is 0 Å². The molecule has 2 heterocycles. The molecule has 0 bridgehead atoms. The van der Waals surface area contributed by atoms with Gasteiger partial charge in [-0.05, 0) is 30.3 Å². The molecule has 0 spiro atoms. The van der Waals surface area contributed by atoms with E-state index >= 15 is 0 Å². The number of para-hydroxylation sites is 1. The topological polar surface area (TPSA) is 60.9 Å². The van der Waals surface area contributed by atoms with E-state index in [-0.39, 0.29) is 24.5 Å². The molecule has 2 aromatic carbocycles. The average Bonchev–Trinajstić information content (AvgIpc) is 2.79. The van der Waals surface area contributed by atoms with E-state index in [0.29, 0.717) is 17.0 Å². The Hall–Kier alpha value is -3.42. The number of alkyl halides is 2. The molecule has 1 amide bonds. The number of ether oxygens (including phenoxy) is 3. The lowest BCUT2D eigenvalue weighted by Gasteiger charge is -2.38. The lowest BCUT2D eigenvalue weighted by molar-refractivity contribution is -0.131. The van der Waals surface area contributed by atoms with Crippen LogP contribution in [0.4, 0.5) is 8.78 Å². The van der Waals surface area contributed by atoms with Crippen LogP contribution in [0.2, 0.25) is 0 Å². The van der Waals surface area contributed by atoms with Gasteiger partial charge in [-0.2, -0.15) is 0 Å². The highest BCUT2D eigenvalue weighted by molar-refractivity contribution is 5.97. The highest BCUT2D eigenvalue weighted by Crippen LogP contribution is 2.34. The molecule has 162 valence electrons. The molecule has 31 heavy (non-hydrogen) atoms. The van der Waals surface area contributed by atoms with Crippen LogP contribution in [-0.4, -0.2) is 55.1 Å². The summed E-state index contributed by atoms with van der Waals surface area (Å²) < 4.78 is 45.3. The fraction of sp³-hybridized carbons (Fsp3) is 0.304. The van der Waals surface area contributed by atoms with Gasteiger partial charge in [-0.15, -0.1) is 0 Å². The molecule has 0 radical (unpaired) electrons. The van der Waals surface area contributed by atoms with E-state index in [9.17, 15) is 13.6 Å². The molecule has 1 saturated heterocycles. The van der Waals surface area contributed by atoms with E-state index in [4.69, 9.17) is 14.2 Å². The molecule has 0 aliphatic carbocycles. The predicted octanol–water partition coefficient (Wildman–Crippen LogP) is 4.18. The van der Waals surface area contributed by atoms with Crippen LogP contribution < -0.4 is 14.2 Å². The molecule has 3 aromatic rings. The van der Waals surface area contributed by atoms with Gasteiger partial charge in [0, 0.05) is 24.4 Å². The van der Waals surface area contributed by atoms with Crippen LogP contribution >= 0.6 is 0 Å². The molecule has 6 nitrogen and oxygen atoms in total. The fourth-order valence-electron chi connectivity index (χ4n) is 3.59. The minimum absolute atomic E-state index is 0.0941. The van der Waals surface area contributed by atoms with Crippen LogP contribution in [0.5, 0.6) is 17.4 Å². The van der Waals surface area contributed by atoms with E-state index in [1.165, 1.54) is 25.2 Å². The van der Waals surface area contributed by atoms with Gasteiger partial charge >= 0.3 is 0 Å². The predicted molar refractivity (Wildman–Crippen MR) is 111 cm³/mol. The normalized spacial score (nSPS) is 17.9. The number of methoxy groups -OCH3 is 2. The summed E-state index contributed by atoms with van der Waals surface area (Å²) in [6.45, 7) is -0.377. The Balaban J connectivity index is 1.57. The number of rotatable bonds is 5. The Bertz CT molecular complexity index is 1110.